The van der Waals surface area contributed by atoms with Crippen LogP contribution in [0.15, 0.2) is 66.9 Å². The summed E-state index contributed by atoms with van der Waals surface area (Å²) >= 11 is 1.69. The number of thiazole rings is 1. The van der Waals surface area contributed by atoms with Crippen LogP contribution in [0.25, 0.3) is 10.2 Å². The summed E-state index contributed by atoms with van der Waals surface area (Å²) in [6, 6.07) is 19.1. The number of hydrogen-bond acceptors (Lipinski definition) is 5. The van der Waals surface area contributed by atoms with Gasteiger partial charge in [-0.1, -0.05) is 24.3 Å². The molecule has 0 fully saturated rings. The minimum absolute atomic E-state index is 0.378. The molecule has 152 valence electrons. The zero-order valence-corrected chi connectivity index (χ0v) is 17.5. The maximum atomic E-state index is 12.4. The average Bonchev–Trinajstić information content (AvgIpc) is 3.34. The molecule has 7 heteroatoms. The maximum absolute atomic E-state index is 12.4. The molecule has 6 nitrogen and oxygen atoms in total. The highest BCUT2D eigenvalue weighted by molar-refractivity contribution is 7.18. The Morgan fingerprint density at radius 3 is 2.57 bits per heavy atom. The predicted molar refractivity (Wildman–Crippen MR) is 118 cm³/mol. The van der Waals surface area contributed by atoms with Crippen LogP contribution in [0, 0.1) is 0 Å². The van der Waals surface area contributed by atoms with Crippen molar-refractivity contribution in [2.24, 2.45) is 7.05 Å². The predicted octanol–water partition coefficient (Wildman–Crippen LogP) is 4.41. The molecular weight excluding hydrogens is 398 g/mol. The molecule has 1 amide bonds. The molecule has 2 heterocycles. The summed E-state index contributed by atoms with van der Waals surface area (Å²) in [5, 5.41) is 3.83. The van der Waals surface area contributed by atoms with Gasteiger partial charge in [-0.2, -0.15) is 0 Å². The van der Waals surface area contributed by atoms with Gasteiger partial charge >= 0.3 is 5.97 Å². The number of rotatable bonds is 6. The fourth-order valence-corrected chi connectivity index (χ4v) is 4.07. The molecule has 0 aliphatic carbocycles. The normalized spacial score (nSPS) is 11.9. The number of nitrogens with zero attached hydrogens (tertiary/aromatic N) is 2. The molecule has 2 aromatic heterocycles. The molecule has 4 rings (SSSR count). The molecule has 0 spiro atoms. The molecule has 4 aromatic rings. The Morgan fingerprint density at radius 2 is 1.87 bits per heavy atom. The lowest BCUT2D eigenvalue weighted by molar-refractivity contribution is -0.123. The highest BCUT2D eigenvalue weighted by atomic mass is 32.1. The van der Waals surface area contributed by atoms with E-state index < -0.39 is 12.1 Å². The Labute approximate surface area is 178 Å². The number of anilines is 1. The first-order valence-electron chi connectivity index (χ1n) is 9.56. The number of carbonyl (C=O) groups excluding carboxylic acids is 2. The summed E-state index contributed by atoms with van der Waals surface area (Å²) in [4.78, 5) is 29.2. The van der Waals surface area contributed by atoms with Crippen LogP contribution >= 0.6 is 11.3 Å². The lowest BCUT2D eigenvalue weighted by atomic mass is 10.1. The molecule has 1 atom stereocenters. The van der Waals surface area contributed by atoms with Crippen LogP contribution in [0.1, 0.15) is 28.0 Å². The first-order chi connectivity index (χ1) is 14.5. The highest BCUT2D eigenvalue weighted by Crippen LogP contribution is 2.24. The molecule has 30 heavy (non-hydrogen) atoms. The molecular formula is C23H21N3O3S. The van der Waals surface area contributed by atoms with Gasteiger partial charge in [0.15, 0.2) is 6.10 Å². The minimum atomic E-state index is -0.908. The van der Waals surface area contributed by atoms with E-state index in [4.69, 9.17) is 4.74 Å². The number of fused-ring (bicyclic) bond motifs is 1. The summed E-state index contributed by atoms with van der Waals surface area (Å²) in [5.74, 6) is -0.909. The zero-order chi connectivity index (χ0) is 21.1. The van der Waals surface area contributed by atoms with Crippen molar-refractivity contribution in [1.82, 2.24) is 9.55 Å². The monoisotopic (exact) mass is 419 g/mol. The van der Waals surface area contributed by atoms with Crippen LogP contribution < -0.4 is 5.32 Å². The van der Waals surface area contributed by atoms with Gasteiger partial charge < -0.3 is 14.6 Å². The first-order valence-corrected chi connectivity index (χ1v) is 10.4. The van der Waals surface area contributed by atoms with Crippen molar-refractivity contribution < 1.29 is 14.3 Å². The van der Waals surface area contributed by atoms with Crippen LogP contribution in [0.3, 0.4) is 0 Å². The van der Waals surface area contributed by atoms with Gasteiger partial charge in [-0.3, -0.25) is 4.79 Å². The van der Waals surface area contributed by atoms with E-state index in [1.165, 1.54) is 4.70 Å². The number of hydrogen-bond donors (Lipinski definition) is 1. The number of esters is 1. The highest BCUT2D eigenvalue weighted by Gasteiger charge is 2.20. The second-order valence-electron chi connectivity index (χ2n) is 6.99. The van der Waals surface area contributed by atoms with Gasteiger partial charge in [0.2, 0.25) is 0 Å². The Kier molecular flexibility index (Phi) is 5.63. The number of benzene rings is 2. The van der Waals surface area contributed by atoms with E-state index in [9.17, 15) is 9.59 Å². The van der Waals surface area contributed by atoms with E-state index in [1.807, 2.05) is 42.5 Å². The van der Waals surface area contributed by atoms with Crippen molar-refractivity contribution >= 4 is 39.1 Å². The second-order valence-corrected chi connectivity index (χ2v) is 8.11. The first kappa shape index (κ1) is 19.8. The molecule has 0 bridgehead atoms. The number of aryl methyl sites for hydroxylation is 1. The third-order valence-corrected chi connectivity index (χ3v) is 5.76. The second kappa shape index (κ2) is 8.51. The number of para-hydroxylation sites is 1. The number of aromatic nitrogens is 2. The van der Waals surface area contributed by atoms with E-state index in [1.54, 1.807) is 48.2 Å². The van der Waals surface area contributed by atoms with Crippen LogP contribution in [0.2, 0.25) is 0 Å². The van der Waals surface area contributed by atoms with E-state index in [-0.39, 0.29) is 5.91 Å². The van der Waals surface area contributed by atoms with Crippen LogP contribution in [-0.4, -0.2) is 27.5 Å². The Bertz CT molecular complexity index is 1160. The van der Waals surface area contributed by atoms with Crippen LogP contribution in [0.4, 0.5) is 5.69 Å². The number of amides is 1. The van der Waals surface area contributed by atoms with E-state index >= 15 is 0 Å². The van der Waals surface area contributed by atoms with E-state index in [0.29, 0.717) is 11.4 Å². The van der Waals surface area contributed by atoms with Gasteiger partial charge in [-0.05, 0) is 48.9 Å². The molecule has 0 saturated heterocycles. The minimum Gasteiger partial charge on any atom is -0.448 e. The number of ether oxygens (including phenoxy) is 1. The van der Waals surface area contributed by atoms with Crippen molar-refractivity contribution in [3.05, 3.63) is 83.1 Å². The van der Waals surface area contributed by atoms with Crippen molar-refractivity contribution in [2.75, 3.05) is 5.32 Å². The number of nitrogens with one attached hydrogen (secondary N) is 1. The number of carbonyl (C=O) groups is 2. The third-order valence-electron chi connectivity index (χ3n) is 4.72. The Hall–Kier alpha value is -3.45. The summed E-state index contributed by atoms with van der Waals surface area (Å²) in [5.41, 5.74) is 3.17. The summed E-state index contributed by atoms with van der Waals surface area (Å²) in [7, 11) is 1.75. The molecule has 0 aliphatic rings. The summed E-state index contributed by atoms with van der Waals surface area (Å²) < 4.78 is 8.09. The van der Waals surface area contributed by atoms with Crippen molar-refractivity contribution in [3.8, 4) is 0 Å². The van der Waals surface area contributed by atoms with Crippen LogP contribution in [-0.2, 0) is 23.0 Å². The Balaban J connectivity index is 1.35. The van der Waals surface area contributed by atoms with Crippen molar-refractivity contribution in [3.63, 3.8) is 0 Å². The fourth-order valence-electron chi connectivity index (χ4n) is 3.07. The van der Waals surface area contributed by atoms with Gasteiger partial charge in [0.05, 0.1) is 15.2 Å². The Morgan fingerprint density at radius 1 is 1.10 bits per heavy atom. The quantitative estimate of drug-likeness (QED) is 0.470. The van der Waals surface area contributed by atoms with Crippen molar-refractivity contribution in [2.45, 2.75) is 19.4 Å². The van der Waals surface area contributed by atoms with Gasteiger partial charge in [-0.25, -0.2) is 9.78 Å². The molecule has 0 saturated carbocycles. The lowest BCUT2D eigenvalue weighted by Gasteiger charge is -2.14. The maximum Gasteiger partial charge on any atom is 0.355 e. The van der Waals surface area contributed by atoms with Gasteiger partial charge in [0, 0.05) is 25.4 Å². The van der Waals surface area contributed by atoms with E-state index in [0.717, 1.165) is 22.5 Å². The molecule has 0 unspecified atom stereocenters. The van der Waals surface area contributed by atoms with Gasteiger partial charge in [0.25, 0.3) is 5.91 Å². The zero-order valence-electron chi connectivity index (χ0n) is 16.7. The van der Waals surface area contributed by atoms with Crippen LogP contribution in [0.5, 0.6) is 0 Å². The van der Waals surface area contributed by atoms with Gasteiger partial charge in [-0.15, -0.1) is 11.3 Å². The summed E-state index contributed by atoms with van der Waals surface area (Å²) in [6.07, 6.45) is 1.57. The fraction of sp³-hybridized carbons (Fsp3) is 0.174. The third kappa shape index (κ3) is 4.41. The molecule has 0 aliphatic heterocycles. The average molecular weight is 420 g/mol. The molecule has 1 N–H and O–H groups in total. The standard InChI is InChI=1S/C23H21N3O3S/c1-15(29-23(28)19-7-5-13-26(19)2)22(27)24-17-11-9-16(10-12-17)14-21-25-18-6-3-4-8-20(18)30-21/h3-13,15H,14H2,1-2H3,(H,24,27)/t15-/m1/s1. The van der Waals surface area contributed by atoms with Crippen molar-refractivity contribution in [1.29, 1.82) is 0 Å². The topological polar surface area (TPSA) is 73.2 Å². The summed E-state index contributed by atoms with van der Waals surface area (Å²) in [6.45, 7) is 1.55. The molecule has 2 aromatic carbocycles. The largest absolute Gasteiger partial charge is 0.448 e. The lowest BCUT2D eigenvalue weighted by Crippen LogP contribution is -2.30. The smallest absolute Gasteiger partial charge is 0.355 e. The van der Waals surface area contributed by atoms with Gasteiger partial charge in [0.1, 0.15) is 5.69 Å². The van der Waals surface area contributed by atoms with E-state index in [2.05, 4.69) is 16.4 Å². The molecule has 0 radical (unpaired) electrons. The SMILES string of the molecule is C[C@@H](OC(=O)c1cccn1C)C(=O)Nc1ccc(Cc2nc3ccccc3s2)cc1.